The molecule has 0 atom stereocenters. The van der Waals surface area contributed by atoms with Crippen LogP contribution in [0, 0.1) is 0 Å². The van der Waals surface area contributed by atoms with Gasteiger partial charge < -0.3 is 15.6 Å². The zero-order chi connectivity index (χ0) is 14.2. The lowest BCUT2D eigenvalue weighted by atomic mass is 10.1. The lowest BCUT2D eigenvalue weighted by Gasteiger charge is -2.24. The van der Waals surface area contributed by atoms with Gasteiger partial charge in [0.2, 0.25) is 0 Å². The molecule has 1 aromatic rings. The van der Waals surface area contributed by atoms with Gasteiger partial charge in [-0.2, -0.15) is 0 Å². The summed E-state index contributed by atoms with van der Waals surface area (Å²) in [6.45, 7) is 6.29. The number of hydrogen-bond acceptors (Lipinski definition) is 4. The van der Waals surface area contributed by atoms with Gasteiger partial charge in [0, 0.05) is 24.2 Å². The molecule has 5 nitrogen and oxygen atoms in total. The van der Waals surface area contributed by atoms with Crippen molar-refractivity contribution in [2.45, 2.75) is 39.3 Å². The Morgan fingerprint density at radius 2 is 2.16 bits per heavy atom. The topological polar surface area (TPSA) is 75.8 Å². The average Bonchev–Trinajstić information content (AvgIpc) is 2.72. The maximum absolute atomic E-state index is 12.1. The number of carbonyl (C=O) groups is 1. The molecule has 0 aromatic heterocycles. The average molecular weight is 264 g/mol. The van der Waals surface area contributed by atoms with E-state index < -0.39 is 5.60 Å². The molecule has 3 N–H and O–H groups in total. The summed E-state index contributed by atoms with van der Waals surface area (Å²) in [6, 6.07) is 3.56. The maximum Gasteiger partial charge on any atom is 0.414 e. The van der Waals surface area contributed by atoms with Crippen molar-refractivity contribution in [1.29, 1.82) is 0 Å². The highest BCUT2D eigenvalue weighted by Crippen LogP contribution is 2.37. The number of fused-ring (bicyclic) bond motifs is 1. The van der Waals surface area contributed by atoms with Gasteiger partial charge in [0.15, 0.2) is 0 Å². The molecule has 1 amide bonds. The SMILES string of the molecule is CC(C)(C)OC(=O)N1CCc2c1ccc(CN)c2O. The van der Waals surface area contributed by atoms with Crippen LogP contribution in [0.5, 0.6) is 5.75 Å². The Labute approximate surface area is 113 Å². The molecule has 0 bridgehead atoms. The van der Waals surface area contributed by atoms with E-state index in [1.807, 2.05) is 26.8 Å². The lowest BCUT2D eigenvalue weighted by molar-refractivity contribution is 0.0584. The van der Waals surface area contributed by atoms with Gasteiger partial charge in [-0.3, -0.25) is 4.90 Å². The van der Waals surface area contributed by atoms with Crippen molar-refractivity contribution < 1.29 is 14.6 Å². The van der Waals surface area contributed by atoms with Crippen LogP contribution in [0.4, 0.5) is 10.5 Å². The standard InChI is InChI=1S/C14H20N2O3/c1-14(2,3)19-13(18)16-7-6-10-11(16)5-4-9(8-15)12(10)17/h4-5,17H,6-8,15H2,1-3H3. The van der Waals surface area contributed by atoms with Crippen molar-refractivity contribution in [2.24, 2.45) is 5.73 Å². The smallest absolute Gasteiger partial charge is 0.414 e. The second kappa shape index (κ2) is 4.74. The molecule has 104 valence electrons. The molecule has 0 radical (unpaired) electrons. The number of aromatic hydroxyl groups is 1. The number of amides is 1. The number of hydrogen-bond donors (Lipinski definition) is 2. The first-order valence-electron chi connectivity index (χ1n) is 6.38. The molecule has 0 saturated carbocycles. The quantitative estimate of drug-likeness (QED) is 0.815. The first-order valence-corrected chi connectivity index (χ1v) is 6.38. The van der Waals surface area contributed by atoms with Crippen molar-refractivity contribution in [1.82, 2.24) is 0 Å². The fourth-order valence-corrected chi connectivity index (χ4v) is 2.19. The van der Waals surface area contributed by atoms with Crippen molar-refractivity contribution in [2.75, 3.05) is 11.4 Å². The Bertz CT molecular complexity index is 506. The van der Waals surface area contributed by atoms with E-state index in [0.29, 0.717) is 24.2 Å². The first kappa shape index (κ1) is 13.7. The van der Waals surface area contributed by atoms with Gasteiger partial charge in [0.25, 0.3) is 0 Å². The minimum Gasteiger partial charge on any atom is -0.507 e. The molecule has 19 heavy (non-hydrogen) atoms. The van der Waals surface area contributed by atoms with Crippen LogP contribution in [0.2, 0.25) is 0 Å². The fraction of sp³-hybridized carbons (Fsp3) is 0.500. The number of phenolic OH excluding ortho intramolecular Hbond substituents is 1. The van der Waals surface area contributed by atoms with Crippen molar-refractivity contribution in [3.63, 3.8) is 0 Å². The van der Waals surface area contributed by atoms with E-state index in [9.17, 15) is 9.90 Å². The van der Waals surface area contributed by atoms with Gasteiger partial charge >= 0.3 is 6.09 Å². The summed E-state index contributed by atoms with van der Waals surface area (Å²) in [4.78, 5) is 13.6. The molecule has 0 unspecified atom stereocenters. The summed E-state index contributed by atoms with van der Waals surface area (Å²) in [5.41, 5.74) is 7.21. The van der Waals surface area contributed by atoms with E-state index in [-0.39, 0.29) is 18.4 Å². The van der Waals surface area contributed by atoms with E-state index >= 15 is 0 Å². The number of benzene rings is 1. The first-order chi connectivity index (χ1) is 8.83. The summed E-state index contributed by atoms with van der Waals surface area (Å²) in [6.07, 6.45) is 0.236. The van der Waals surface area contributed by atoms with E-state index in [1.165, 1.54) is 0 Å². The zero-order valence-corrected chi connectivity index (χ0v) is 11.6. The molecule has 0 fully saturated rings. The molecule has 1 aromatic carbocycles. The van der Waals surface area contributed by atoms with Crippen LogP contribution in [0.15, 0.2) is 12.1 Å². The minimum absolute atomic E-state index is 0.200. The van der Waals surface area contributed by atoms with Crippen LogP contribution in [0.25, 0.3) is 0 Å². The van der Waals surface area contributed by atoms with Gasteiger partial charge in [-0.05, 0) is 33.3 Å². The minimum atomic E-state index is -0.529. The second-order valence-corrected chi connectivity index (χ2v) is 5.66. The molecular formula is C14H20N2O3. The molecule has 0 spiro atoms. The molecule has 2 rings (SSSR count). The van der Waals surface area contributed by atoms with Gasteiger partial charge in [-0.25, -0.2) is 4.79 Å². The highest BCUT2D eigenvalue weighted by Gasteiger charge is 2.30. The fourth-order valence-electron chi connectivity index (χ4n) is 2.19. The van der Waals surface area contributed by atoms with Crippen molar-refractivity contribution in [3.8, 4) is 5.75 Å². The lowest BCUT2D eigenvalue weighted by Crippen LogP contribution is -2.35. The van der Waals surface area contributed by atoms with Crippen LogP contribution in [-0.2, 0) is 17.7 Å². The highest BCUT2D eigenvalue weighted by molar-refractivity contribution is 5.91. The molecule has 0 saturated heterocycles. The van der Waals surface area contributed by atoms with Crippen LogP contribution < -0.4 is 10.6 Å². The van der Waals surface area contributed by atoms with Gasteiger partial charge in [0.1, 0.15) is 11.4 Å². The number of phenols is 1. The predicted molar refractivity (Wildman–Crippen MR) is 73.3 cm³/mol. The number of ether oxygens (including phenoxy) is 1. The Balaban J connectivity index is 2.28. The number of carbonyl (C=O) groups excluding carboxylic acids is 1. The van der Waals surface area contributed by atoms with Gasteiger partial charge in [-0.15, -0.1) is 0 Å². The summed E-state index contributed by atoms with van der Waals surface area (Å²) < 4.78 is 5.36. The van der Waals surface area contributed by atoms with E-state index in [2.05, 4.69) is 0 Å². The summed E-state index contributed by atoms with van der Waals surface area (Å²) in [7, 11) is 0. The van der Waals surface area contributed by atoms with E-state index in [1.54, 1.807) is 11.0 Å². The Morgan fingerprint density at radius 1 is 1.47 bits per heavy atom. The summed E-state index contributed by atoms with van der Waals surface area (Å²) in [5.74, 6) is 0.200. The van der Waals surface area contributed by atoms with Gasteiger partial charge in [0.05, 0.1) is 5.69 Å². The Morgan fingerprint density at radius 3 is 2.74 bits per heavy atom. The highest BCUT2D eigenvalue weighted by atomic mass is 16.6. The monoisotopic (exact) mass is 264 g/mol. The molecule has 5 heteroatoms. The summed E-state index contributed by atoms with van der Waals surface area (Å²) in [5, 5.41) is 10.1. The van der Waals surface area contributed by atoms with Crippen LogP contribution >= 0.6 is 0 Å². The van der Waals surface area contributed by atoms with Crippen LogP contribution in [0.1, 0.15) is 31.9 Å². The molecule has 1 aliphatic heterocycles. The largest absolute Gasteiger partial charge is 0.507 e. The molecule has 1 aliphatic rings. The normalized spacial score (nSPS) is 14.4. The Kier molecular flexibility index (Phi) is 3.41. The molecule has 1 heterocycles. The number of nitrogens with zero attached hydrogens (tertiary/aromatic N) is 1. The third kappa shape index (κ3) is 2.66. The van der Waals surface area contributed by atoms with Crippen LogP contribution in [-0.4, -0.2) is 23.3 Å². The van der Waals surface area contributed by atoms with E-state index in [4.69, 9.17) is 10.5 Å². The third-order valence-corrected chi connectivity index (χ3v) is 3.05. The Hall–Kier alpha value is -1.75. The number of anilines is 1. The van der Waals surface area contributed by atoms with E-state index in [0.717, 1.165) is 5.56 Å². The number of nitrogens with two attached hydrogens (primary N) is 1. The predicted octanol–water partition coefficient (Wildman–Crippen LogP) is 2.15. The zero-order valence-electron chi connectivity index (χ0n) is 11.6. The number of rotatable bonds is 1. The second-order valence-electron chi connectivity index (χ2n) is 5.66. The molecular weight excluding hydrogens is 244 g/mol. The summed E-state index contributed by atoms with van der Waals surface area (Å²) >= 11 is 0. The third-order valence-electron chi connectivity index (χ3n) is 3.05. The van der Waals surface area contributed by atoms with Gasteiger partial charge in [-0.1, -0.05) is 6.07 Å². The van der Waals surface area contributed by atoms with Crippen LogP contribution in [0.3, 0.4) is 0 Å². The maximum atomic E-state index is 12.1. The van der Waals surface area contributed by atoms with Crippen molar-refractivity contribution >= 4 is 11.8 Å². The van der Waals surface area contributed by atoms with Crippen molar-refractivity contribution in [3.05, 3.63) is 23.3 Å². The molecule has 0 aliphatic carbocycles.